The van der Waals surface area contributed by atoms with Crippen molar-refractivity contribution in [2.75, 3.05) is 24.5 Å². The van der Waals surface area contributed by atoms with Gasteiger partial charge in [-0.05, 0) is 25.8 Å². The van der Waals surface area contributed by atoms with E-state index in [1.807, 2.05) is 24.1 Å². The van der Waals surface area contributed by atoms with Crippen molar-refractivity contribution in [1.82, 2.24) is 29.8 Å². The zero-order valence-corrected chi connectivity index (χ0v) is 14.5. The van der Waals surface area contributed by atoms with E-state index in [0.29, 0.717) is 17.9 Å². The summed E-state index contributed by atoms with van der Waals surface area (Å²) < 4.78 is 0. The lowest BCUT2D eigenvalue weighted by Gasteiger charge is -2.42. The molecule has 1 aliphatic carbocycles. The summed E-state index contributed by atoms with van der Waals surface area (Å²) in [6, 6.07) is 2.00. The molecule has 8 nitrogen and oxygen atoms in total. The number of carbonyl (C=O) groups is 1. The summed E-state index contributed by atoms with van der Waals surface area (Å²) in [5, 5.41) is 1.02. The number of nitrogens with zero attached hydrogens (tertiary/aromatic N) is 6. The van der Waals surface area contributed by atoms with E-state index in [0.717, 1.165) is 42.8 Å². The van der Waals surface area contributed by atoms with Crippen molar-refractivity contribution in [3.05, 3.63) is 42.4 Å². The van der Waals surface area contributed by atoms with Gasteiger partial charge in [-0.1, -0.05) is 0 Å². The SMILES string of the molecule is Cc1nccnc1C(=O)N1CCN(c2ncnc3[nH]ccc23)CC12CC2. The highest BCUT2D eigenvalue weighted by atomic mass is 16.2. The lowest BCUT2D eigenvalue weighted by molar-refractivity contribution is 0.0616. The number of hydrogen-bond acceptors (Lipinski definition) is 6. The number of carbonyl (C=O) groups excluding carboxylic acids is 1. The predicted octanol–water partition coefficient (Wildman–Crippen LogP) is 1.55. The second kappa shape index (κ2) is 5.48. The van der Waals surface area contributed by atoms with Crippen LogP contribution < -0.4 is 4.90 Å². The second-order valence-electron chi connectivity index (χ2n) is 7.03. The average molecular weight is 349 g/mol. The summed E-state index contributed by atoms with van der Waals surface area (Å²) in [6.45, 7) is 4.02. The molecule has 0 radical (unpaired) electrons. The lowest BCUT2D eigenvalue weighted by Crippen LogP contribution is -2.57. The van der Waals surface area contributed by atoms with Gasteiger partial charge < -0.3 is 14.8 Å². The first-order valence-electron chi connectivity index (χ1n) is 8.81. The topological polar surface area (TPSA) is 90.9 Å². The summed E-state index contributed by atoms with van der Waals surface area (Å²) in [5.74, 6) is 0.924. The van der Waals surface area contributed by atoms with Crippen LogP contribution in [0, 0.1) is 6.92 Å². The number of hydrogen-bond donors (Lipinski definition) is 1. The van der Waals surface area contributed by atoms with Crippen molar-refractivity contribution in [3.63, 3.8) is 0 Å². The van der Waals surface area contributed by atoms with Crippen LogP contribution in [0.25, 0.3) is 11.0 Å². The summed E-state index contributed by atoms with van der Waals surface area (Å²) in [4.78, 5) is 37.7. The predicted molar refractivity (Wildman–Crippen MR) is 95.9 cm³/mol. The zero-order valence-electron chi connectivity index (χ0n) is 14.5. The Morgan fingerprint density at radius 2 is 2.00 bits per heavy atom. The van der Waals surface area contributed by atoms with Crippen molar-refractivity contribution in [3.8, 4) is 0 Å². The fourth-order valence-corrected chi connectivity index (χ4v) is 3.90. The van der Waals surface area contributed by atoms with E-state index >= 15 is 0 Å². The van der Waals surface area contributed by atoms with Crippen molar-refractivity contribution in [1.29, 1.82) is 0 Å². The first-order chi connectivity index (χ1) is 12.7. The molecule has 1 saturated carbocycles. The van der Waals surface area contributed by atoms with Crippen molar-refractivity contribution in [2.24, 2.45) is 0 Å². The number of aromatic amines is 1. The van der Waals surface area contributed by atoms with Crippen LogP contribution >= 0.6 is 0 Å². The summed E-state index contributed by atoms with van der Waals surface area (Å²) in [5.41, 5.74) is 1.86. The van der Waals surface area contributed by atoms with Crippen LogP contribution in [0.2, 0.25) is 0 Å². The van der Waals surface area contributed by atoms with E-state index in [4.69, 9.17) is 0 Å². The maximum absolute atomic E-state index is 13.1. The Hall–Kier alpha value is -3.03. The smallest absolute Gasteiger partial charge is 0.274 e. The quantitative estimate of drug-likeness (QED) is 0.755. The Morgan fingerprint density at radius 1 is 1.15 bits per heavy atom. The number of aromatic nitrogens is 5. The molecule has 8 heteroatoms. The molecule has 3 aromatic heterocycles. The number of rotatable bonds is 2. The number of amides is 1. The van der Waals surface area contributed by atoms with Crippen LogP contribution in [0.1, 0.15) is 29.0 Å². The van der Waals surface area contributed by atoms with Gasteiger partial charge in [-0.3, -0.25) is 9.78 Å². The number of nitrogens with one attached hydrogen (secondary N) is 1. The highest BCUT2D eigenvalue weighted by Gasteiger charge is 2.54. The van der Waals surface area contributed by atoms with E-state index in [-0.39, 0.29) is 11.4 Å². The third-order valence-corrected chi connectivity index (χ3v) is 5.44. The average Bonchev–Trinajstić information content (AvgIpc) is 3.24. The summed E-state index contributed by atoms with van der Waals surface area (Å²) in [6.07, 6.45) is 8.69. The van der Waals surface area contributed by atoms with Gasteiger partial charge in [0.25, 0.3) is 5.91 Å². The molecule has 1 spiro atoms. The molecule has 1 amide bonds. The largest absolute Gasteiger partial charge is 0.352 e. The monoisotopic (exact) mass is 349 g/mol. The molecule has 4 heterocycles. The summed E-state index contributed by atoms with van der Waals surface area (Å²) in [7, 11) is 0. The molecule has 26 heavy (non-hydrogen) atoms. The van der Waals surface area contributed by atoms with Crippen molar-refractivity contribution < 1.29 is 4.79 Å². The molecule has 0 aromatic carbocycles. The van der Waals surface area contributed by atoms with E-state index in [2.05, 4.69) is 29.8 Å². The molecule has 2 fully saturated rings. The first-order valence-corrected chi connectivity index (χ1v) is 8.81. The highest BCUT2D eigenvalue weighted by Crippen LogP contribution is 2.46. The number of H-pyrrole nitrogens is 1. The minimum absolute atomic E-state index is 0.0118. The minimum Gasteiger partial charge on any atom is -0.352 e. The van der Waals surface area contributed by atoms with Crippen LogP contribution in [0.15, 0.2) is 31.0 Å². The fourth-order valence-electron chi connectivity index (χ4n) is 3.90. The van der Waals surface area contributed by atoms with Crippen LogP contribution in [-0.4, -0.2) is 60.9 Å². The molecule has 0 bridgehead atoms. The van der Waals surface area contributed by atoms with Crippen LogP contribution in [-0.2, 0) is 0 Å². The van der Waals surface area contributed by atoms with Gasteiger partial charge in [0, 0.05) is 38.2 Å². The molecule has 1 saturated heterocycles. The van der Waals surface area contributed by atoms with Gasteiger partial charge in [-0.15, -0.1) is 0 Å². The van der Waals surface area contributed by atoms with E-state index in [9.17, 15) is 4.79 Å². The Balaban J connectivity index is 1.44. The Bertz CT molecular complexity index is 994. The molecular weight excluding hydrogens is 330 g/mol. The molecule has 1 aliphatic heterocycles. The number of anilines is 1. The second-order valence-corrected chi connectivity index (χ2v) is 7.03. The Kier molecular flexibility index (Phi) is 3.22. The number of fused-ring (bicyclic) bond motifs is 1. The van der Waals surface area contributed by atoms with Gasteiger partial charge in [-0.25, -0.2) is 15.0 Å². The zero-order chi connectivity index (χ0) is 17.7. The van der Waals surface area contributed by atoms with Gasteiger partial charge in [0.15, 0.2) is 0 Å². The van der Waals surface area contributed by atoms with Crippen LogP contribution in [0.5, 0.6) is 0 Å². The highest BCUT2D eigenvalue weighted by molar-refractivity contribution is 5.94. The van der Waals surface area contributed by atoms with Gasteiger partial charge in [-0.2, -0.15) is 0 Å². The molecule has 2 aliphatic rings. The van der Waals surface area contributed by atoms with E-state index < -0.39 is 0 Å². The van der Waals surface area contributed by atoms with Gasteiger partial charge in [0.1, 0.15) is 23.5 Å². The maximum Gasteiger partial charge on any atom is 0.274 e. The third kappa shape index (κ3) is 2.25. The molecule has 0 atom stereocenters. The minimum atomic E-state index is -0.118. The molecule has 1 N–H and O–H groups in total. The van der Waals surface area contributed by atoms with Gasteiger partial charge >= 0.3 is 0 Å². The van der Waals surface area contributed by atoms with Crippen LogP contribution in [0.4, 0.5) is 5.82 Å². The lowest BCUT2D eigenvalue weighted by atomic mass is 10.1. The third-order valence-electron chi connectivity index (χ3n) is 5.44. The Labute approximate surface area is 150 Å². The van der Waals surface area contributed by atoms with Crippen molar-refractivity contribution >= 4 is 22.8 Å². The first kappa shape index (κ1) is 15.2. The van der Waals surface area contributed by atoms with Crippen molar-refractivity contribution in [2.45, 2.75) is 25.3 Å². The normalized spacial score (nSPS) is 18.5. The van der Waals surface area contributed by atoms with E-state index in [1.54, 1.807) is 18.7 Å². The molecule has 3 aromatic rings. The molecule has 132 valence electrons. The standard InChI is InChI=1S/C18H19N7O/c1-12-14(20-7-6-19-12)17(26)25-9-8-24(10-18(25)3-4-18)16-13-2-5-21-15(13)22-11-23-16/h2,5-7,11H,3-4,8-10H2,1H3,(H,21,22,23). The molecular formula is C18H19N7O. The Morgan fingerprint density at radius 3 is 2.81 bits per heavy atom. The number of piperazine rings is 1. The fraction of sp³-hybridized carbons (Fsp3) is 0.389. The van der Waals surface area contributed by atoms with E-state index in [1.165, 1.54) is 0 Å². The summed E-state index contributed by atoms with van der Waals surface area (Å²) >= 11 is 0. The van der Waals surface area contributed by atoms with Crippen LogP contribution in [0.3, 0.4) is 0 Å². The maximum atomic E-state index is 13.1. The molecule has 5 rings (SSSR count). The van der Waals surface area contributed by atoms with Gasteiger partial charge in [0.2, 0.25) is 0 Å². The number of aryl methyl sites for hydroxylation is 1. The van der Waals surface area contributed by atoms with Gasteiger partial charge in [0.05, 0.1) is 16.6 Å². The molecule has 0 unspecified atom stereocenters.